The SMILES string of the molecule is Nc1ccc(C2(c3ccc(Nc4ccc5c(c4)c4ccccc4n5-c4ccccc4)cc3)CCCCC2)cc1. The van der Waals surface area contributed by atoms with Gasteiger partial charge in [-0.25, -0.2) is 0 Å². The Morgan fingerprint density at radius 2 is 1.18 bits per heavy atom. The van der Waals surface area contributed by atoms with Crippen LogP contribution < -0.4 is 11.1 Å². The number of benzene rings is 5. The third-order valence-electron chi connectivity index (χ3n) is 8.58. The summed E-state index contributed by atoms with van der Waals surface area (Å²) in [7, 11) is 0. The summed E-state index contributed by atoms with van der Waals surface area (Å²) < 4.78 is 2.35. The maximum atomic E-state index is 6.02. The van der Waals surface area contributed by atoms with Crippen LogP contribution in [0.5, 0.6) is 0 Å². The molecule has 6 aromatic rings. The Hall–Kier alpha value is -4.50. The zero-order chi connectivity index (χ0) is 26.2. The molecule has 3 nitrogen and oxygen atoms in total. The average Bonchev–Trinajstić information content (AvgIpc) is 3.32. The van der Waals surface area contributed by atoms with E-state index in [2.05, 4.69) is 119 Å². The second-order valence-electron chi connectivity index (χ2n) is 10.9. The third kappa shape index (κ3) is 4.15. The highest BCUT2D eigenvalue weighted by Crippen LogP contribution is 2.45. The normalized spacial score (nSPS) is 15.0. The highest BCUT2D eigenvalue weighted by Gasteiger charge is 2.35. The molecule has 39 heavy (non-hydrogen) atoms. The van der Waals surface area contributed by atoms with Crippen molar-refractivity contribution in [2.45, 2.75) is 37.5 Å². The van der Waals surface area contributed by atoms with E-state index in [-0.39, 0.29) is 5.41 Å². The molecular weight excluding hydrogens is 474 g/mol. The molecule has 3 heteroatoms. The minimum atomic E-state index is 0.0721. The van der Waals surface area contributed by atoms with Crippen molar-refractivity contribution in [1.29, 1.82) is 0 Å². The van der Waals surface area contributed by atoms with Gasteiger partial charge in [0, 0.05) is 38.9 Å². The summed E-state index contributed by atoms with van der Waals surface area (Å²) in [5.74, 6) is 0. The summed E-state index contributed by atoms with van der Waals surface area (Å²) >= 11 is 0. The molecule has 3 N–H and O–H groups in total. The summed E-state index contributed by atoms with van der Waals surface area (Å²) in [6, 6.07) is 43.6. The maximum Gasteiger partial charge on any atom is 0.0542 e. The number of nitrogens with two attached hydrogens (primary N) is 1. The van der Waals surface area contributed by atoms with Crippen LogP contribution in [0.2, 0.25) is 0 Å². The zero-order valence-electron chi connectivity index (χ0n) is 22.1. The molecule has 1 aliphatic rings. The van der Waals surface area contributed by atoms with Gasteiger partial charge in [0.25, 0.3) is 0 Å². The summed E-state index contributed by atoms with van der Waals surface area (Å²) in [6.07, 6.45) is 6.22. The molecule has 1 heterocycles. The highest BCUT2D eigenvalue weighted by atomic mass is 15.0. The monoisotopic (exact) mass is 507 g/mol. The Bertz CT molecular complexity index is 1740. The second-order valence-corrected chi connectivity index (χ2v) is 10.9. The van der Waals surface area contributed by atoms with Gasteiger partial charge < -0.3 is 15.6 Å². The van der Waals surface area contributed by atoms with Crippen molar-refractivity contribution >= 4 is 38.9 Å². The van der Waals surface area contributed by atoms with Gasteiger partial charge in [-0.05, 0) is 84.6 Å². The van der Waals surface area contributed by atoms with Crippen molar-refractivity contribution in [2.75, 3.05) is 11.1 Å². The first-order valence-corrected chi connectivity index (χ1v) is 14.0. The summed E-state index contributed by atoms with van der Waals surface area (Å²) in [5.41, 5.74) is 15.5. The Morgan fingerprint density at radius 1 is 0.564 bits per heavy atom. The largest absolute Gasteiger partial charge is 0.399 e. The van der Waals surface area contributed by atoms with E-state index in [1.165, 1.54) is 70.7 Å². The van der Waals surface area contributed by atoms with Crippen LogP contribution in [0.1, 0.15) is 43.2 Å². The first-order valence-electron chi connectivity index (χ1n) is 14.0. The molecular formula is C36H33N3. The topological polar surface area (TPSA) is 43.0 Å². The molecule has 0 spiro atoms. The Morgan fingerprint density at radius 3 is 1.92 bits per heavy atom. The minimum Gasteiger partial charge on any atom is -0.399 e. The van der Waals surface area contributed by atoms with Crippen LogP contribution in [0.3, 0.4) is 0 Å². The number of aromatic nitrogens is 1. The number of nitrogen functional groups attached to an aromatic ring is 1. The number of nitrogens with one attached hydrogen (secondary N) is 1. The predicted molar refractivity (Wildman–Crippen MR) is 165 cm³/mol. The number of fused-ring (bicyclic) bond motifs is 3. The molecule has 1 aliphatic carbocycles. The fourth-order valence-corrected chi connectivity index (χ4v) is 6.65. The molecule has 0 aliphatic heterocycles. The van der Waals surface area contributed by atoms with Gasteiger partial charge in [0.2, 0.25) is 0 Å². The van der Waals surface area contributed by atoms with Crippen LogP contribution in [0.15, 0.2) is 121 Å². The molecule has 1 aromatic heterocycles. The van der Waals surface area contributed by atoms with Gasteiger partial charge in [0.15, 0.2) is 0 Å². The Kier molecular flexibility index (Phi) is 5.85. The first-order chi connectivity index (χ1) is 19.2. The maximum absolute atomic E-state index is 6.02. The molecule has 7 rings (SSSR count). The lowest BCUT2D eigenvalue weighted by atomic mass is 9.65. The van der Waals surface area contributed by atoms with Crippen LogP contribution in [-0.4, -0.2) is 4.57 Å². The van der Waals surface area contributed by atoms with E-state index in [1.807, 2.05) is 12.1 Å². The third-order valence-corrected chi connectivity index (χ3v) is 8.58. The minimum absolute atomic E-state index is 0.0721. The standard InChI is InChI=1S/C36H33N3/c37-28-17-13-26(14-18-28)36(23-7-2-8-24-36)27-15-19-29(20-16-27)38-30-21-22-35-33(25-30)32-11-5-6-12-34(32)39(35)31-9-3-1-4-10-31/h1,3-6,9-22,25,38H,2,7-8,23-24,37H2. The molecule has 0 amide bonds. The van der Waals surface area contributed by atoms with Crippen molar-refractivity contribution in [3.8, 4) is 5.69 Å². The van der Waals surface area contributed by atoms with Gasteiger partial charge >= 0.3 is 0 Å². The van der Waals surface area contributed by atoms with Crippen LogP contribution in [-0.2, 0) is 5.41 Å². The van der Waals surface area contributed by atoms with Crippen LogP contribution in [0, 0.1) is 0 Å². The lowest BCUT2D eigenvalue weighted by Gasteiger charge is -2.39. The number of rotatable bonds is 5. The number of hydrogen-bond donors (Lipinski definition) is 2. The number of anilines is 3. The highest BCUT2D eigenvalue weighted by molar-refractivity contribution is 6.10. The van der Waals surface area contributed by atoms with Gasteiger partial charge in [-0.2, -0.15) is 0 Å². The van der Waals surface area contributed by atoms with Crippen molar-refractivity contribution in [3.05, 3.63) is 132 Å². The number of nitrogens with zero attached hydrogens (tertiary/aromatic N) is 1. The van der Waals surface area contributed by atoms with Crippen LogP contribution in [0.25, 0.3) is 27.5 Å². The van der Waals surface area contributed by atoms with E-state index >= 15 is 0 Å². The molecule has 0 atom stereocenters. The van der Waals surface area contributed by atoms with Crippen molar-refractivity contribution in [1.82, 2.24) is 4.57 Å². The molecule has 0 radical (unpaired) electrons. The molecule has 1 fully saturated rings. The van der Waals surface area contributed by atoms with Crippen LogP contribution in [0.4, 0.5) is 17.1 Å². The summed E-state index contributed by atoms with van der Waals surface area (Å²) in [6.45, 7) is 0. The van der Waals surface area contributed by atoms with Gasteiger partial charge in [-0.15, -0.1) is 0 Å². The lowest BCUT2D eigenvalue weighted by Crippen LogP contribution is -2.30. The molecule has 0 bridgehead atoms. The average molecular weight is 508 g/mol. The van der Waals surface area contributed by atoms with Gasteiger partial charge in [-0.1, -0.05) is 79.9 Å². The van der Waals surface area contributed by atoms with Crippen molar-refractivity contribution in [3.63, 3.8) is 0 Å². The lowest BCUT2D eigenvalue weighted by molar-refractivity contribution is 0.346. The summed E-state index contributed by atoms with van der Waals surface area (Å²) in [5, 5.41) is 6.19. The second kappa shape index (κ2) is 9.67. The van der Waals surface area contributed by atoms with Crippen molar-refractivity contribution in [2.24, 2.45) is 0 Å². The van der Waals surface area contributed by atoms with E-state index in [0.29, 0.717) is 0 Å². The van der Waals surface area contributed by atoms with Gasteiger partial charge in [-0.3, -0.25) is 0 Å². The van der Waals surface area contributed by atoms with E-state index in [9.17, 15) is 0 Å². The van der Waals surface area contributed by atoms with E-state index in [0.717, 1.165) is 17.1 Å². The zero-order valence-corrected chi connectivity index (χ0v) is 22.1. The molecule has 0 unspecified atom stereocenters. The van der Waals surface area contributed by atoms with Crippen LogP contribution >= 0.6 is 0 Å². The summed E-state index contributed by atoms with van der Waals surface area (Å²) in [4.78, 5) is 0. The molecule has 5 aromatic carbocycles. The Labute approximate surface area is 229 Å². The first kappa shape index (κ1) is 23.6. The van der Waals surface area contributed by atoms with Crippen molar-refractivity contribution < 1.29 is 0 Å². The number of hydrogen-bond acceptors (Lipinski definition) is 2. The predicted octanol–water partition coefficient (Wildman–Crippen LogP) is 9.36. The molecule has 192 valence electrons. The Balaban J connectivity index is 1.23. The van der Waals surface area contributed by atoms with Gasteiger partial charge in [0.1, 0.15) is 0 Å². The number of para-hydroxylation sites is 2. The quantitative estimate of drug-likeness (QED) is 0.228. The van der Waals surface area contributed by atoms with E-state index < -0.39 is 0 Å². The smallest absolute Gasteiger partial charge is 0.0542 e. The van der Waals surface area contributed by atoms with Gasteiger partial charge in [0.05, 0.1) is 11.0 Å². The molecule has 0 saturated heterocycles. The van der Waals surface area contributed by atoms with E-state index in [4.69, 9.17) is 5.73 Å². The fourth-order valence-electron chi connectivity index (χ4n) is 6.65. The van der Waals surface area contributed by atoms with E-state index in [1.54, 1.807) is 0 Å². The molecule has 1 saturated carbocycles. The fraction of sp³-hybridized carbons (Fsp3) is 0.167.